The van der Waals surface area contributed by atoms with Crippen molar-refractivity contribution in [3.05, 3.63) is 88.9 Å². The zero-order valence-corrected chi connectivity index (χ0v) is 19.0. The number of nitriles is 1. The van der Waals surface area contributed by atoms with Crippen LogP contribution in [0.15, 0.2) is 77.8 Å². The van der Waals surface area contributed by atoms with Gasteiger partial charge in [-0.3, -0.25) is 0 Å². The Labute approximate surface area is 205 Å². The molecule has 1 aliphatic heterocycles. The van der Waals surface area contributed by atoms with Gasteiger partial charge in [-0.05, 0) is 66.2 Å². The Kier molecular flexibility index (Phi) is 7.15. The molecule has 6 nitrogen and oxygen atoms in total. The standard InChI is InChI=1S/C25H20ClF3N4O2/c26-19-4-8-21(9-5-19)35-22-10-6-20(7-11-22)33-23(15-32(12-13-34)24(33)31-16-30)17-2-1-3-18(14-17)25(27,28)29/h1-11,14,23,34H,12-13,15H2. The third-order valence-corrected chi connectivity index (χ3v) is 5.74. The van der Waals surface area contributed by atoms with E-state index in [2.05, 4.69) is 4.99 Å². The molecule has 0 aliphatic carbocycles. The zero-order chi connectivity index (χ0) is 25.0. The minimum atomic E-state index is -4.49. The summed E-state index contributed by atoms with van der Waals surface area (Å²) in [4.78, 5) is 7.29. The van der Waals surface area contributed by atoms with Crippen LogP contribution in [0.2, 0.25) is 5.02 Å². The molecule has 1 aliphatic rings. The predicted octanol–water partition coefficient (Wildman–Crippen LogP) is 5.84. The van der Waals surface area contributed by atoms with Crippen LogP contribution in [0.4, 0.5) is 18.9 Å². The molecule has 4 rings (SSSR count). The van der Waals surface area contributed by atoms with Crippen LogP contribution in [0.1, 0.15) is 17.2 Å². The third-order valence-electron chi connectivity index (χ3n) is 5.49. The lowest BCUT2D eigenvalue weighted by molar-refractivity contribution is -0.137. The highest BCUT2D eigenvalue weighted by atomic mass is 35.5. The number of alkyl halides is 3. The van der Waals surface area contributed by atoms with Crippen molar-refractivity contribution in [1.29, 1.82) is 5.26 Å². The molecule has 1 N–H and O–H groups in total. The summed E-state index contributed by atoms with van der Waals surface area (Å²) in [5, 5.41) is 19.4. The van der Waals surface area contributed by atoms with Crippen molar-refractivity contribution in [2.45, 2.75) is 12.2 Å². The molecular weight excluding hydrogens is 481 g/mol. The summed E-state index contributed by atoms with van der Waals surface area (Å²) < 4.78 is 45.9. The summed E-state index contributed by atoms with van der Waals surface area (Å²) in [6.45, 7) is 0.205. The number of rotatable bonds is 6. The fraction of sp³-hybridized carbons (Fsp3) is 0.200. The van der Waals surface area contributed by atoms with Gasteiger partial charge in [0.15, 0.2) is 0 Å². The minimum Gasteiger partial charge on any atom is -0.457 e. The van der Waals surface area contributed by atoms with Crippen LogP contribution in [0.5, 0.6) is 11.5 Å². The average molecular weight is 501 g/mol. The SMILES string of the molecule is N#CN=C1N(CCO)CC(c2cccc(C(F)(F)F)c2)N1c1ccc(Oc2ccc(Cl)cc2)cc1. The largest absolute Gasteiger partial charge is 0.457 e. The summed E-state index contributed by atoms with van der Waals surface area (Å²) in [5.74, 6) is 1.37. The number of aliphatic hydroxyl groups is 1. The van der Waals surface area contributed by atoms with E-state index in [1.54, 1.807) is 70.6 Å². The second kappa shape index (κ2) is 10.3. The Balaban J connectivity index is 1.70. The van der Waals surface area contributed by atoms with E-state index in [1.807, 2.05) is 0 Å². The van der Waals surface area contributed by atoms with Crippen molar-refractivity contribution in [2.75, 3.05) is 24.6 Å². The number of benzene rings is 3. The molecule has 3 aromatic carbocycles. The van der Waals surface area contributed by atoms with Crippen LogP contribution in [-0.4, -0.2) is 35.7 Å². The summed E-state index contributed by atoms with van der Waals surface area (Å²) in [5.41, 5.74) is 0.249. The number of hydrogen-bond acceptors (Lipinski definition) is 4. The number of hydrogen-bond donors (Lipinski definition) is 1. The van der Waals surface area contributed by atoms with E-state index in [0.717, 1.165) is 12.1 Å². The quantitative estimate of drug-likeness (QED) is 0.430. The molecule has 0 saturated carbocycles. The van der Waals surface area contributed by atoms with Crippen molar-refractivity contribution in [3.8, 4) is 17.7 Å². The van der Waals surface area contributed by atoms with Gasteiger partial charge in [0.1, 0.15) is 11.5 Å². The molecule has 1 heterocycles. The van der Waals surface area contributed by atoms with Crippen molar-refractivity contribution < 1.29 is 23.0 Å². The fourth-order valence-corrected chi connectivity index (χ4v) is 4.06. The number of guanidine groups is 1. The third kappa shape index (κ3) is 5.50. The molecule has 35 heavy (non-hydrogen) atoms. The number of halogens is 4. The van der Waals surface area contributed by atoms with Gasteiger partial charge in [-0.25, -0.2) is 0 Å². The Morgan fingerprint density at radius 2 is 1.71 bits per heavy atom. The minimum absolute atomic E-state index is 0.171. The Morgan fingerprint density at radius 3 is 2.31 bits per heavy atom. The Morgan fingerprint density at radius 1 is 1.06 bits per heavy atom. The number of aliphatic hydroxyl groups excluding tert-OH is 1. The maximum absolute atomic E-state index is 13.4. The van der Waals surface area contributed by atoms with Crippen LogP contribution in [0.25, 0.3) is 0 Å². The molecule has 1 atom stereocenters. The second-order valence-electron chi connectivity index (χ2n) is 7.74. The first-order chi connectivity index (χ1) is 16.8. The number of β-amino-alcohol motifs (C(OH)–C–C–N with tert-alkyl or cyclic N) is 1. The zero-order valence-electron chi connectivity index (χ0n) is 18.3. The van der Waals surface area contributed by atoms with E-state index >= 15 is 0 Å². The van der Waals surface area contributed by atoms with Gasteiger partial charge < -0.3 is 19.6 Å². The maximum atomic E-state index is 13.4. The lowest BCUT2D eigenvalue weighted by atomic mass is 10.0. The lowest BCUT2D eigenvalue weighted by Gasteiger charge is -2.26. The van der Waals surface area contributed by atoms with Gasteiger partial charge in [-0.15, -0.1) is 4.99 Å². The predicted molar refractivity (Wildman–Crippen MR) is 126 cm³/mol. The van der Waals surface area contributed by atoms with Crippen LogP contribution in [-0.2, 0) is 6.18 Å². The van der Waals surface area contributed by atoms with E-state index in [1.165, 1.54) is 6.07 Å². The van der Waals surface area contributed by atoms with E-state index in [0.29, 0.717) is 27.8 Å². The van der Waals surface area contributed by atoms with E-state index < -0.39 is 17.8 Å². The number of anilines is 1. The van der Waals surface area contributed by atoms with Gasteiger partial charge in [-0.2, -0.15) is 18.4 Å². The highest BCUT2D eigenvalue weighted by Gasteiger charge is 2.39. The van der Waals surface area contributed by atoms with Gasteiger partial charge in [0.2, 0.25) is 12.2 Å². The molecule has 0 amide bonds. The molecule has 1 fully saturated rings. The van der Waals surface area contributed by atoms with Crippen LogP contribution in [0, 0.1) is 11.5 Å². The smallest absolute Gasteiger partial charge is 0.416 e. The highest BCUT2D eigenvalue weighted by molar-refractivity contribution is 6.30. The van der Waals surface area contributed by atoms with Crippen molar-refractivity contribution in [2.24, 2.45) is 4.99 Å². The molecule has 3 aromatic rings. The molecule has 1 unspecified atom stereocenters. The van der Waals surface area contributed by atoms with Crippen molar-refractivity contribution in [3.63, 3.8) is 0 Å². The number of ether oxygens (including phenoxy) is 1. The highest BCUT2D eigenvalue weighted by Crippen LogP contribution is 2.38. The van der Waals surface area contributed by atoms with Crippen LogP contribution < -0.4 is 9.64 Å². The summed E-state index contributed by atoms with van der Waals surface area (Å²) in [7, 11) is 0. The summed E-state index contributed by atoms with van der Waals surface area (Å²) in [6, 6.07) is 18.3. The molecule has 0 aromatic heterocycles. The van der Waals surface area contributed by atoms with Crippen LogP contribution >= 0.6 is 11.6 Å². The van der Waals surface area contributed by atoms with Crippen molar-refractivity contribution in [1.82, 2.24) is 4.90 Å². The second-order valence-corrected chi connectivity index (χ2v) is 8.18. The number of nitrogens with zero attached hydrogens (tertiary/aromatic N) is 4. The Hall–Kier alpha value is -3.74. The lowest BCUT2D eigenvalue weighted by Crippen LogP contribution is -2.35. The molecule has 0 spiro atoms. The fourth-order valence-electron chi connectivity index (χ4n) is 3.93. The van der Waals surface area contributed by atoms with Gasteiger partial charge in [0.25, 0.3) is 0 Å². The molecule has 10 heteroatoms. The normalized spacial score (nSPS) is 17.0. The average Bonchev–Trinajstić information content (AvgIpc) is 3.19. The first-order valence-electron chi connectivity index (χ1n) is 10.6. The summed E-state index contributed by atoms with van der Waals surface area (Å²) in [6.07, 6.45) is -2.73. The van der Waals surface area contributed by atoms with E-state index in [9.17, 15) is 23.5 Å². The van der Waals surface area contributed by atoms with Gasteiger partial charge in [0, 0.05) is 23.8 Å². The van der Waals surface area contributed by atoms with E-state index in [-0.39, 0.29) is 25.7 Å². The van der Waals surface area contributed by atoms with E-state index in [4.69, 9.17) is 16.3 Å². The Bertz CT molecular complexity index is 1240. The van der Waals surface area contributed by atoms with Gasteiger partial charge >= 0.3 is 6.18 Å². The van der Waals surface area contributed by atoms with Gasteiger partial charge in [-0.1, -0.05) is 23.7 Å². The molecule has 0 radical (unpaired) electrons. The summed E-state index contributed by atoms with van der Waals surface area (Å²) >= 11 is 5.90. The van der Waals surface area contributed by atoms with Gasteiger partial charge in [0.05, 0.1) is 18.2 Å². The molecule has 0 bridgehead atoms. The maximum Gasteiger partial charge on any atom is 0.416 e. The molecule has 1 saturated heterocycles. The molecule has 180 valence electrons. The first kappa shape index (κ1) is 24.4. The number of aliphatic imine (C=N–C) groups is 1. The topological polar surface area (TPSA) is 72.1 Å². The van der Waals surface area contributed by atoms with Crippen molar-refractivity contribution >= 4 is 23.2 Å². The monoisotopic (exact) mass is 500 g/mol. The van der Waals surface area contributed by atoms with Crippen LogP contribution in [0.3, 0.4) is 0 Å². The first-order valence-corrected chi connectivity index (χ1v) is 11.0. The molecular formula is C25H20ClF3N4O2.